The van der Waals surface area contributed by atoms with Gasteiger partial charge in [0.2, 0.25) is 0 Å². The van der Waals surface area contributed by atoms with Gasteiger partial charge in [-0.1, -0.05) is 6.92 Å². The van der Waals surface area contributed by atoms with Crippen LogP contribution in [0.2, 0.25) is 0 Å². The van der Waals surface area contributed by atoms with E-state index in [4.69, 9.17) is 5.11 Å². The summed E-state index contributed by atoms with van der Waals surface area (Å²) in [5.41, 5.74) is 0. The first-order chi connectivity index (χ1) is 6.59. The predicted octanol–water partition coefficient (Wildman–Crippen LogP) is -0.795. The summed E-state index contributed by atoms with van der Waals surface area (Å²) in [6.45, 7) is 1.67. The van der Waals surface area contributed by atoms with E-state index in [1.54, 1.807) is 6.92 Å². The summed E-state index contributed by atoms with van der Waals surface area (Å²) in [6.07, 6.45) is 1.41. The molecule has 1 aromatic rings. The molecule has 0 aliphatic rings. The highest BCUT2D eigenvalue weighted by atomic mass is 32.2. The molecule has 14 heavy (non-hydrogen) atoms. The minimum absolute atomic E-state index is 0.0501. The van der Waals surface area contributed by atoms with Crippen molar-refractivity contribution in [3.63, 3.8) is 0 Å². The number of rotatable bonds is 5. The Kier molecular flexibility index (Phi) is 3.59. The highest BCUT2D eigenvalue weighted by molar-refractivity contribution is 7.91. The van der Waals surface area contributed by atoms with Gasteiger partial charge in [0.05, 0.1) is 5.75 Å². The van der Waals surface area contributed by atoms with Crippen LogP contribution in [0.5, 0.6) is 0 Å². The topological polar surface area (TPSA) is 85.1 Å². The number of aliphatic hydroxyl groups excluding tert-OH is 1. The standard InChI is InChI=1S/C7H13N3O3S/c1-2-14(12,13)4-3-10-6-8-9-7(10)5-11/h6,11H,2-5H2,1H3. The Hall–Kier alpha value is -0.950. The number of aromatic nitrogens is 3. The average molecular weight is 219 g/mol. The molecule has 0 spiro atoms. The van der Waals surface area contributed by atoms with Gasteiger partial charge >= 0.3 is 0 Å². The lowest BCUT2D eigenvalue weighted by atomic mass is 10.6. The Bertz CT molecular complexity index is 385. The maximum atomic E-state index is 11.2. The second-order valence-corrected chi connectivity index (χ2v) is 5.31. The van der Waals surface area contributed by atoms with Gasteiger partial charge in [0.15, 0.2) is 15.7 Å². The molecule has 0 aliphatic heterocycles. The summed E-state index contributed by atoms with van der Waals surface area (Å²) in [4.78, 5) is 0. The molecule has 0 aliphatic carbocycles. The molecule has 0 unspecified atom stereocenters. The summed E-state index contributed by atoms with van der Waals surface area (Å²) in [5, 5.41) is 16.0. The number of sulfone groups is 1. The van der Waals surface area contributed by atoms with Crippen LogP contribution in [0.15, 0.2) is 6.33 Å². The maximum Gasteiger partial charge on any atom is 0.158 e. The van der Waals surface area contributed by atoms with Crippen molar-refractivity contribution in [3.8, 4) is 0 Å². The molecule has 0 radical (unpaired) electrons. The number of nitrogens with zero attached hydrogens (tertiary/aromatic N) is 3. The molecular weight excluding hydrogens is 206 g/mol. The molecule has 0 saturated heterocycles. The van der Waals surface area contributed by atoms with E-state index in [1.807, 2.05) is 0 Å². The Morgan fingerprint density at radius 1 is 1.57 bits per heavy atom. The summed E-state index contributed by atoms with van der Waals surface area (Å²) in [7, 11) is -2.98. The van der Waals surface area contributed by atoms with Crippen LogP contribution in [0, 0.1) is 0 Å². The van der Waals surface area contributed by atoms with Crippen molar-refractivity contribution in [1.29, 1.82) is 0 Å². The molecule has 0 bridgehead atoms. The lowest BCUT2D eigenvalue weighted by Crippen LogP contribution is -2.15. The monoisotopic (exact) mass is 219 g/mol. The molecule has 0 saturated carbocycles. The average Bonchev–Trinajstić information content (AvgIpc) is 2.62. The largest absolute Gasteiger partial charge is 0.388 e. The van der Waals surface area contributed by atoms with E-state index < -0.39 is 9.84 Å². The SMILES string of the molecule is CCS(=O)(=O)CCn1cnnc1CO. The zero-order chi connectivity index (χ0) is 10.6. The molecule has 1 rings (SSSR count). The van der Waals surface area contributed by atoms with Crippen LogP contribution in [0.4, 0.5) is 0 Å². The number of aryl methyl sites for hydroxylation is 1. The third-order valence-electron chi connectivity index (χ3n) is 1.92. The molecule has 7 heteroatoms. The quantitative estimate of drug-likeness (QED) is 0.701. The second-order valence-electron chi connectivity index (χ2n) is 2.84. The molecule has 0 fully saturated rings. The van der Waals surface area contributed by atoms with E-state index in [-0.39, 0.29) is 18.1 Å². The first-order valence-corrected chi connectivity index (χ1v) is 6.09. The van der Waals surface area contributed by atoms with E-state index in [0.29, 0.717) is 12.4 Å². The van der Waals surface area contributed by atoms with Gasteiger partial charge < -0.3 is 9.67 Å². The molecule has 80 valence electrons. The summed E-state index contributed by atoms with van der Waals surface area (Å²) >= 11 is 0. The Balaban J connectivity index is 2.62. The Labute approximate surface area is 82.5 Å². The Morgan fingerprint density at radius 2 is 2.29 bits per heavy atom. The molecule has 6 nitrogen and oxygen atoms in total. The molecule has 1 heterocycles. The fraction of sp³-hybridized carbons (Fsp3) is 0.714. The second kappa shape index (κ2) is 4.52. The lowest BCUT2D eigenvalue weighted by molar-refractivity contribution is 0.265. The van der Waals surface area contributed by atoms with Crippen molar-refractivity contribution < 1.29 is 13.5 Å². The summed E-state index contributed by atoms with van der Waals surface area (Å²) in [5.74, 6) is 0.564. The molecule has 0 atom stereocenters. The van der Waals surface area contributed by atoms with Crippen molar-refractivity contribution in [2.45, 2.75) is 20.1 Å². The van der Waals surface area contributed by atoms with Crippen LogP contribution in [0.25, 0.3) is 0 Å². The molecule has 1 N–H and O–H groups in total. The number of hydrogen-bond acceptors (Lipinski definition) is 5. The van der Waals surface area contributed by atoms with E-state index in [1.165, 1.54) is 10.9 Å². The fourth-order valence-corrected chi connectivity index (χ4v) is 1.73. The van der Waals surface area contributed by atoms with Gasteiger partial charge in [-0.15, -0.1) is 10.2 Å². The van der Waals surface area contributed by atoms with Crippen molar-refractivity contribution in [1.82, 2.24) is 14.8 Å². The van der Waals surface area contributed by atoms with Gasteiger partial charge in [-0.3, -0.25) is 0 Å². The first-order valence-electron chi connectivity index (χ1n) is 4.27. The van der Waals surface area contributed by atoms with Crippen LogP contribution in [-0.2, 0) is 23.0 Å². The van der Waals surface area contributed by atoms with Crippen molar-refractivity contribution in [2.24, 2.45) is 0 Å². The third-order valence-corrected chi connectivity index (χ3v) is 3.60. The molecule has 0 amide bonds. The third kappa shape index (κ3) is 2.78. The predicted molar refractivity (Wildman–Crippen MR) is 50.3 cm³/mol. The van der Waals surface area contributed by atoms with Crippen LogP contribution in [0.3, 0.4) is 0 Å². The van der Waals surface area contributed by atoms with Crippen molar-refractivity contribution in [2.75, 3.05) is 11.5 Å². The minimum Gasteiger partial charge on any atom is -0.388 e. The van der Waals surface area contributed by atoms with Crippen molar-refractivity contribution >= 4 is 9.84 Å². The lowest BCUT2D eigenvalue weighted by Gasteiger charge is -2.04. The smallest absolute Gasteiger partial charge is 0.158 e. The minimum atomic E-state index is -2.98. The number of hydrogen-bond donors (Lipinski definition) is 1. The highest BCUT2D eigenvalue weighted by Crippen LogP contribution is 1.97. The van der Waals surface area contributed by atoms with E-state index in [0.717, 1.165) is 0 Å². The molecule has 0 aromatic carbocycles. The number of aliphatic hydroxyl groups is 1. The van der Waals surface area contributed by atoms with Gasteiger partial charge in [-0.05, 0) is 0 Å². The van der Waals surface area contributed by atoms with E-state index in [9.17, 15) is 8.42 Å². The van der Waals surface area contributed by atoms with Crippen LogP contribution < -0.4 is 0 Å². The van der Waals surface area contributed by atoms with Crippen LogP contribution in [-0.4, -0.2) is 39.8 Å². The first kappa shape index (κ1) is 11.1. The van der Waals surface area contributed by atoms with Gasteiger partial charge in [-0.2, -0.15) is 0 Å². The molecule has 1 aromatic heterocycles. The van der Waals surface area contributed by atoms with Crippen LogP contribution >= 0.6 is 0 Å². The Morgan fingerprint density at radius 3 is 2.86 bits per heavy atom. The zero-order valence-electron chi connectivity index (χ0n) is 7.92. The van der Waals surface area contributed by atoms with Gasteiger partial charge in [-0.25, -0.2) is 8.42 Å². The normalized spacial score (nSPS) is 11.9. The molecular formula is C7H13N3O3S. The van der Waals surface area contributed by atoms with Crippen LogP contribution in [0.1, 0.15) is 12.7 Å². The highest BCUT2D eigenvalue weighted by Gasteiger charge is 2.09. The maximum absolute atomic E-state index is 11.2. The van der Waals surface area contributed by atoms with Gasteiger partial charge in [0.1, 0.15) is 12.9 Å². The van der Waals surface area contributed by atoms with Gasteiger partial charge in [0.25, 0.3) is 0 Å². The van der Waals surface area contributed by atoms with Gasteiger partial charge in [0, 0.05) is 12.3 Å². The van der Waals surface area contributed by atoms with E-state index >= 15 is 0 Å². The summed E-state index contributed by atoms with van der Waals surface area (Å²) < 4.78 is 23.9. The van der Waals surface area contributed by atoms with E-state index in [2.05, 4.69) is 10.2 Å². The summed E-state index contributed by atoms with van der Waals surface area (Å²) in [6, 6.07) is 0. The van der Waals surface area contributed by atoms with Crippen molar-refractivity contribution in [3.05, 3.63) is 12.2 Å². The fourth-order valence-electron chi connectivity index (χ4n) is 0.970. The zero-order valence-corrected chi connectivity index (χ0v) is 8.74.